The van der Waals surface area contributed by atoms with E-state index in [9.17, 15) is 15.0 Å². The van der Waals surface area contributed by atoms with Gasteiger partial charge in [0.1, 0.15) is 0 Å². The van der Waals surface area contributed by atoms with Crippen LogP contribution in [0.25, 0.3) is 16.3 Å². The first kappa shape index (κ1) is 20.5. The minimum absolute atomic E-state index is 0.0262. The zero-order chi connectivity index (χ0) is 21.2. The molecule has 0 saturated heterocycles. The second-order valence-electron chi connectivity index (χ2n) is 8.21. The molecule has 4 heteroatoms. The molecule has 150 valence electrons. The monoisotopic (exact) mass is 390 g/mol. The number of benzene rings is 3. The van der Waals surface area contributed by atoms with E-state index in [2.05, 4.69) is 0 Å². The van der Waals surface area contributed by atoms with Crippen LogP contribution in [-0.2, 0) is 11.2 Å². The molecule has 0 aliphatic rings. The molecule has 0 amide bonds. The second-order valence-corrected chi connectivity index (χ2v) is 8.21. The van der Waals surface area contributed by atoms with Crippen molar-refractivity contribution in [3.63, 3.8) is 0 Å². The number of methoxy groups -OCH3 is 1. The number of fused-ring (bicyclic) bond motifs is 1. The van der Waals surface area contributed by atoms with Gasteiger partial charge in [-0.3, -0.25) is 0 Å². The SMILES string of the molecule is COc1cc(C(=CC(C)(C)C)C(=O)O)c2cccc(Cc3ccccc3)c2c1O. The molecule has 0 radical (unpaired) electrons. The van der Waals surface area contributed by atoms with Crippen molar-refractivity contribution < 1.29 is 19.7 Å². The Labute approximate surface area is 171 Å². The van der Waals surface area contributed by atoms with Crippen molar-refractivity contribution in [3.05, 3.63) is 77.4 Å². The van der Waals surface area contributed by atoms with Gasteiger partial charge >= 0.3 is 5.97 Å². The third kappa shape index (κ3) is 4.43. The van der Waals surface area contributed by atoms with Crippen LogP contribution < -0.4 is 4.74 Å². The van der Waals surface area contributed by atoms with Gasteiger partial charge in [-0.2, -0.15) is 0 Å². The van der Waals surface area contributed by atoms with Crippen molar-refractivity contribution in [2.24, 2.45) is 5.41 Å². The average Bonchev–Trinajstić information content (AvgIpc) is 2.67. The van der Waals surface area contributed by atoms with Gasteiger partial charge in [0.15, 0.2) is 11.5 Å². The Kier molecular flexibility index (Phi) is 5.64. The second kappa shape index (κ2) is 8.00. The number of allylic oxidation sites excluding steroid dienone is 1. The normalized spacial score (nSPS) is 12.2. The highest BCUT2D eigenvalue weighted by molar-refractivity contribution is 6.20. The van der Waals surface area contributed by atoms with Crippen molar-refractivity contribution in [2.75, 3.05) is 7.11 Å². The predicted octanol–water partition coefficient (Wildman–Crippen LogP) is 5.66. The molecule has 0 fully saturated rings. The zero-order valence-corrected chi connectivity index (χ0v) is 17.2. The largest absolute Gasteiger partial charge is 0.504 e. The molecule has 0 unspecified atom stereocenters. The summed E-state index contributed by atoms with van der Waals surface area (Å²) in [5, 5.41) is 22.1. The van der Waals surface area contributed by atoms with Crippen LogP contribution in [0.4, 0.5) is 0 Å². The number of phenolic OH excluding ortho intramolecular Hbond substituents is 1. The fourth-order valence-electron chi connectivity index (χ4n) is 3.53. The van der Waals surface area contributed by atoms with Gasteiger partial charge in [-0.25, -0.2) is 4.79 Å². The Morgan fingerprint density at radius 3 is 2.34 bits per heavy atom. The number of carboxylic acids is 1. The zero-order valence-electron chi connectivity index (χ0n) is 17.2. The molecule has 3 aromatic rings. The van der Waals surface area contributed by atoms with Crippen molar-refractivity contribution in [1.29, 1.82) is 0 Å². The van der Waals surface area contributed by atoms with Crippen LogP contribution in [0.3, 0.4) is 0 Å². The summed E-state index contributed by atoms with van der Waals surface area (Å²) in [6.07, 6.45) is 2.36. The number of carbonyl (C=O) groups is 1. The van der Waals surface area contributed by atoms with Gasteiger partial charge in [-0.05, 0) is 34.4 Å². The van der Waals surface area contributed by atoms with Crippen LogP contribution in [0, 0.1) is 5.41 Å². The third-order valence-corrected chi connectivity index (χ3v) is 4.74. The highest BCUT2D eigenvalue weighted by Crippen LogP contribution is 2.42. The van der Waals surface area contributed by atoms with E-state index >= 15 is 0 Å². The van der Waals surface area contributed by atoms with Crippen molar-refractivity contribution in [3.8, 4) is 11.5 Å². The summed E-state index contributed by atoms with van der Waals surface area (Å²) in [4.78, 5) is 12.1. The lowest BCUT2D eigenvalue weighted by Gasteiger charge is -2.18. The fourth-order valence-corrected chi connectivity index (χ4v) is 3.53. The van der Waals surface area contributed by atoms with E-state index in [1.54, 1.807) is 12.1 Å². The minimum atomic E-state index is -1.01. The first-order valence-electron chi connectivity index (χ1n) is 9.53. The molecule has 3 aromatic carbocycles. The van der Waals surface area contributed by atoms with Gasteiger partial charge < -0.3 is 14.9 Å². The molecule has 4 nitrogen and oxygen atoms in total. The maximum absolute atomic E-state index is 12.1. The summed E-state index contributed by atoms with van der Waals surface area (Å²) in [5.41, 5.74) is 2.41. The van der Waals surface area contributed by atoms with Crippen LogP contribution in [-0.4, -0.2) is 23.3 Å². The van der Waals surface area contributed by atoms with E-state index in [1.807, 2.05) is 69.3 Å². The van der Waals surface area contributed by atoms with Crippen LogP contribution >= 0.6 is 0 Å². The van der Waals surface area contributed by atoms with E-state index in [0.717, 1.165) is 11.1 Å². The molecule has 0 aromatic heterocycles. The molecule has 0 bridgehead atoms. The number of carboxylic acid groups (broad SMARTS) is 1. The summed E-state index contributed by atoms with van der Waals surface area (Å²) in [7, 11) is 1.47. The van der Waals surface area contributed by atoms with E-state index < -0.39 is 5.97 Å². The van der Waals surface area contributed by atoms with Gasteiger partial charge in [-0.1, -0.05) is 75.4 Å². The average molecular weight is 390 g/mol. The van der Waals surface area contributed by atoms with Gasteiger partial charge in [0.05, 0.1) is 12.7 Å². The predicted molar refractivity (Wildman–Crippen MR) is 116 cm³/mol. The Hall–Kier alpha value is -3.27. The summed E-state index contributed by atoms with van der Waals surface area (Å²) in [6.45, 7) is 5.86. The number of aliphatic carboxylic acids is 1. The van der Waals surface area contributed by atoms with Gasteiger partial charge in [0.25, 0.3) is 0 Å². The molecule has 0 aliphatic carbocycles. The summed E-state index contributed by atoms with van der Waals surface area (Å²) >= 11 is 0. The highest BCUT2D eigenvalue weighted by atomic mass is 16.5. The summed E-state index contributed by atoms with van der Waals surface area (Å²) < 4.78 is 5.39. The van der Waals surface area contributed by atoms with Gasteiger partial charge in [-0.15, -0.1) is 0 Å². The highest BCUT2D eigenvalue weighted by Gasteiger charge is 2.22. The summed E-state index contributed by atoms with van der Waals surface area (Å²) in [5.74, 6) is -0.727. The Morgan fingerprint density at radius 1 is 1.07 bits per heavy atom. The van der Waals surface area contributed by atoms with Crippen LogP contribution in [0.1, 0.15) is 37.5 Å². The minimum Gasteiger partial charge on any atom is -0.504 e. The standard InChI is InChI=1S/C25H26O4/c1-25(2,3)15-20(24(27)28)19-14-21(29-4)23(26)22-17(11-8-12-18(19)22)13-16-9-6-5-7-10-16/h5-12,14-15,26H,13H2,1-4H3,(H,27,28). The number of rotatable bonds is 5. The number of hydrogen-bond acceptors (Lipinski definition) is 3. The van der Waals surface area contributed by atoms with E-state index in [1.165, 1.54) is 7.11 Å². The van der Waals surface area contributed by atoms with Crippen molar-refractivity contribution in [1.82, 2.24) is 0 Å². The molecule has 2 N–H and O–H groups in total. The molecule has 29 heavy (non-hydrogen) atoms. The lowest BCUT2D eigenvalue weighted by atomic mass is 9.87. The van der Waals surface area contributed by atoms with E-state index in [0.29, 0.717) is 22.8 Å². The summed E-state index contributed by atoms with van der Waals surface area (Å²) in [6, 6.07) is 17.3. The lowest BCUT2D eigenvalue weighted by Crippen LogP contribution is -2.08. The molecular weight excluding hydrogens is 364 g/mol. The van der Waals surface area contributed by atoms with E-state index in [-0.39, 0.29) is 22.5 Å². The number of phenols is 1. The van der Waals surface area contributed by atoms with E-state index in [4.69, 9.17) is 4.74 Å². The molecule has 0 spiro atoms. The van der Waals surface area contributed by atoms with Crippen LogP contribution in [0.2, 0.25) is 0 Å². The molecule has 0 atom stereocenters. The Bertz CT molecular complexity index is 1070. The Balaban J connectivity index is 2.33. The maximum atomic E-state index is 12.1. The lowest BCUT2D eigenvalue weighted by molar-refractivity contribution is -0.130. The number of ether oxygens (including phenoxy) is 1. The van der Waals surface area contributed by atoms with Crippen LogP contribution in [0.5, 0.6) is 11.5 Å². The van der Waals surface area contributed by atoms with Gasteiger partial charge in [0, 0.05) is 10.9 Å². The van der Waals surface area contributed by atoms with Crippen molar-refractivity contribution in [2.45, 2.75) is 27.2 Å². The first-order valence-corrected chi connectivity index (χ1v) is 9.53. The molecular formula is C25H26O4. The molecule has 0 saturated carbocycles. The maximum Gasteiger partial charge on any atom is 0.336 e. The van der Waals surface area contributed by atoms with Gasteiger partial charge in [0.2, 0.25) is 0 Å². The number of aromatic hydroxyl groups is 1. The first-order chi connectivity index (χ1) is 13.7. The smallest absolute Gasteiger partial charge is 0.336 e. The van der Waals surface area contributed by atoms with Crippen LogP contribution in [0.15, 0.2) is 60.7 Å². The molecule has 0 aliphatic heterocycles. The van der Waals surface area contributed by atoms with Crippen molar-refractivity contribution >= 4 is 22.3 Å². The Morgan fingerprint density at radius 2 is 1.76 bits per heavy atom. The molecule has 0 heterocycles. The topological polar surface area (TPSA) is 66.8 Å². The quantitative estimate of drug-likeness (QED) is 0.552. The molecule has 3 rings (SSSR count). The number of hydrogen-bond donors (Lipinski definition) is 2. The third-order valence-electron chi connectivity index (χ3n) is 4.74. The fraction of sp³-hybridized carbons (Fsp3) is 0.240.